The number of aryl methyl sites for hydroxylation is 1. The van der Waals surface area contributed by atoms with Crippen LogP contribution in [0.3, 0.4) is 0 Å². The molecule has 4 rings (SSSR count). The Morgan fingerprint density at radius 2 is 1.36 bits per heavy atom. The standard InChI is InChI=1S/C24H23N/c1-17(2)21-15-13-18-14-16-22(18)24(21)25-23(19-9-5-3-6-10-19)20-11-7-4-8-12-20/h3-13,15,17H,14,16H2,1-2H3. The summed E-state index contributed by atoms with van der Waals surface area (Å²) in [5.74, 6) is 0.470. The lowest BCUT2D eigenvalue weighted by molar-refractivity contribution is 0.810. The van der Waals surface area contributed by atoms with Crippen molar-refractivity contribution in [2.75, 3.05) is 0 Å². The highest BCUT2D eigenvalue weighted by atomic mass is 14.8. The zero-order valence-corrected chi connectivity index (χ0v) is 14.9. The van der Waals surface area contributed by atoms with Crippen LogP contribution in [0.1, 0.15) is 47.6 Å². The number of benzene rings is 3. The van der Waals surface area contributed by atoms with Crippen LogP contribution in [0.4, 0.5) is 5.69 Å². The summed E-state index contributed by atoms with van der Waals surface area (Å²) < 4.78 is 0. The molecule has 0 bridgehead atoms. The van der Waals surface area contributed by atoms with E-state index in [1.54, 1.807) is 0 Å². The minimum absolute atomic E-state index is 0.470. The van der Waals surface area contributed by atoms with Crippen molar-refractivity contribution in [1.82, 2.24) is 0 Å². The van der Waals surface area contributed by atoms with Crippen molar-refractivity contribution in [2.24, 2.45) is 4.99 Å². The van der Waals surface area contributed by atoms with Crippen LogP contribution in [0.5, 0.6) is 0 Å². The molecule has 0 atom stereocenters. The van der Waals surface area contributed by atoms with E-state index in [1.807, 2.05) is 0 Å². The van der Waals surface area contributed by atoms with E-state index in [-0.39, 0.29) is 0 Å². The van der Waals surface area contributed by atoms with Gasteiger partial charge in [0.25, 0.3) is 0 Å². The first-order valence-electron chi connectivity index (χ1n) is 9.08. The molecule has 0 spiro atoms. The molecule has 1 heteroatoms. The van der Waals surface area contributed by atoms with Crippen molar-refractivity contribution >= 4 is 11.4 Å². The molecule has 0 N–H and O–H groups in total. The molecule has 1 nitrogen and oxygen atoms in total. The van der Waals surface area contributed by atoms with Gasteiger partial charge in [-0.3, -0.25) is 0 Å². The van der Waals surface area contributed by atoms with Crippen LogP contribution in [-0.2, 0) is 12.8 Å². The van der Waals surface area contributed by atoms with Gasteiger partial charge in [-0.05, 0) is 35.4 Å². The molecule has 3 aromatic rings. The SMILES string of the molecule is CC(C)c1ccc2c(c1N=C(c1ccccc1)c1ccccc1)CC2. The van der Waals surface area contributed by atoms with Gasteiger partial charge in [-0.25, -0.2) is 4.99 Å². The molecule has 25 heavy (non-hydrogen) atoms. The monoisotopic (exact) mass is 325 g/mol. The summed E-state index contributed by atoms with van der Waals surface area (Å²) in [5.41, 5.74) is 8.84. The molecule has 124 valence electrons. The van der Waals surface area contributed by atoms with Crippen molar-refractivity contribution in [3.63, 3.8) is 0 Å². The summed E-state index contributed by atoms with van der Waals surface area (Å²) in [5, 5.41) is 0. The average Bonchev–Trinajstić information content (AvgIpc) is 2.62. The lowest BCUT2D eigenvalue weighted by Gasteiger charge is -2.25. The van der Waals surface area contributed by atoms with Gasteiger partial charge in [-0.1, -0.05) is 86.6 Å². The lowest BCUT2D eigenvalue weighted by Crippen LogP contribution is -2.11. The van der Waals surface area contributed by atoms with Gasteiger partial charge in [-0.2, -0.15) is 0 Å². The normalized spacial score (nSPS) is 12.4. The molecule has 0 saturated heterocycles. The van der Waals surface area contributed by atoms with E-state index in [0.29, 0.717) is 5.92 Å². The van der Waals surface area contributed by atoms with Crippen LogP contribution in [-0.4, -0.2) is 5.71 Å². The zero-order chi connectivity index (χ0) is 17.2. The maximum absolute atomic E-state index is 5.25. The van der Waals surface area contributed by atoms with Gasteiger partial charge in [0.15, 0.2) is 0 Å². The van der Waals surface area contributed by atoms with Gasteiger partial charge >= 0.3 is 0 Å². The van der Waals surface area contributed by atoms with Gasteiger partial charge < -0.3 is 0 Å². The number of hydrogen-bond acceptors (Lipinski definition) is 1. The largest absolute Gasteiger partial charge is 0.247 e. The van der Waals surface area contributed by atoms with Crippen LogP contribution in [0.15, 0.2) is 77.8 Å². The predicted molar refractivity (Wildman–Crippen MR) is 106 cm³/mol. The Balaban J connectivity index is 1.94. The predicted octanol–water partition coefficient (Wildman–Crippen LogP) is 6.08. The zero-order valence-electron chi connectivity index (χ0n) is 14.9. The van der Waals surface area contributed by atoms with Crippen LogP contribution < -0.4 is 0 Å². The summed E-state index contributed by atoms with van der Waals surface area (Å²) in [6.45, 7) is 4.51. The first-order valence-corrected chi connectivity index (χ1v) is 9.08. The molecule has 0 aliphatic heterocycles. The number of hydrogen-bond donors (Lipinski definition) is 0. The van der Waals surface area contributed by atoms with Gasteiger partial charge in [0, 0.05) is 11.1 Å². The minimum atomic E-state index is 0.470. The van der Waals surface area contributed by atoms with E-state index in [4.69, 9.17) is 4.99 Å². The summed E-state index contributed by atoms with van der Waals surface area (Å²) in [7, 11) is 0. The first-order chi connectivity index (χ1) is 12.2. The average molecular weight is 325 g/mol. The topological polar surface area (TPSA) is 12.4 Å². The fraction of sp³-hybridized carbons (Fsp3) is 0.208. The summed E-state index contributed by atoms with van der Waals surface area (Å²) in [6.07, 6.45) is 2.33. The quantitative estimate of drug-likeness (QED) is 0.516. The van der Waals surface area contributed by atoms with Crippen molar-refractivity contribution in [3.8, 4) is 0 Å². The Morgan fingerprint density at radius 3 is 1.84 bits per heavy atom. The molecule has 0 saturated carbocycles. The maximum atomic E-state index is 5.25. The Bertz CT molecular complexity index is 864. The van der Waals surface area contributed by atoms with E-state index in [2.05, 4.69) is 86.6 Å². The molecule has 3 aromatic carbocycles. The van der Waals surface area contributed by atoms with E-state index in [9.17, 15) is 0 Å². The Hall–Kier alpha value is -2.67. The smallest absolute Gasteiger partial charge is 0.0781 e. The molecule has 0 heterocycles. The van der Waals surface area contributed by atoms with E-state index >= 15 is 0 Å². The van der Waals surface area contributed by atoms with E-state index in [0.717, 1.165) is 12.1 Å². The molecule has 1 aliphatic carbocycles. The molecule has 0 radical (unpaired) electrons. The molecule has 0 amide bonds. The molecule has 0 unspecified atom stereocenters. The van der Waals surface area contributed by atoms with Gasteiger partial charge in [0.1, 0.15) is 0 Å². The van der Waals surface area contributed by atoms with Gasteiger partial charge in [-0.15, -0.1) is 0 Å². The molecular formula is C24H23N. The second-order valence-electron chi connectivity index (χ2n) is 6.99. The highest BCUT2D eigenvalue weighted by molar-refractivity contribution is 6.14. The lowest BCUT2D eigenvalue weighted by atomic mass is 9.83. The minimum Gasteiger partial charge on any atom is -0.247 e. The Kier molecular flexibility index (Phi) is 4.23. The van der Waals surface area contributed by atoms with Crippen LogP contribution in [0, 0.1) is 0 Å². The van der Waals surface area contributed by atoms with Crippen LogP contribution in [0.25, 0.3) is 0 Å². The molecular weight excluding hydrogens is 302 g/mol. The number of aliphatic imine (C=N–C) groups is 1. The second kappa shape index (κ2) is 6.68. The van der Waals surface area contributed by atoms with Crippen molar-refractivity contribution in [2.45, 2.75) is 32.6 Å². The molecule has 1 aliphatic rings. The van der Waals surface area contributed by atoms with Crippen molar-refractivity contribution in [3.05, 3.63) is 101 Å². The fourth-order valence-corrected chi connectivity index (χ4v) is 3.49. The van der Waals surface area contributed by atoms with Crippen molar-refractivity contribution in [1.29, 1.82) is 0 Å². The molecule has 0 aromatic heterocycles. The Labute approximate surface area is 150 Å². The Morgan fingerprint density at radius 1 is 0.760 bits per heavy atom. The third-order valence-corrected chi connectivity index (χ3v) is 5.00. The molecule has 0 fully saturated rings. The summed E-state index contributed by atoms with van der Waals surface area (Å²) >= 11 is 0. The number of fused-ring (bicyclic) bond motifs is 1. The highest BCUT2D eigenvalue weighted by Crippen LogP contribution is 2.39. The van der Waals surface area contributed by atoms with Crippen molar-refractivity contribution < 1.29 is 0 Å². The highest BCUT2D eigenvalue weighted by Gasteiger charge is 2.22. The third-order valence-electron chi connectivity index (χ3n) is 5.00. The van der Waals surface area contributed by atoms with Crippen LogP contribution >= 0.6 is 0 Å². The number of rotatable bonds is 4. The van der Waals surface area contributed by atoms with Gasteiger partial charge in [0.05, 0.1) is 11.4 Å². The van der Waals surface area contributed by atoms with Gasteiger partial charge in [0.2, 0.25) is 0 Å². The van der Waals surface area contributed by atoms with E-state index in [1.165, 1.54) is 39.9 Å². The second-order valence-corrected chi connectivity index (χ2v) is 6.99. The first kappa shape index (κ1) is 15.8. The van der Waals surface area contributed by atoms with E-state index < -0.39 is 0 Å². The third kappa shape index (κ3) is 3.02. The maximum Gasteiger partial charge on any atom is 0.0781 e. The summed E-state index contributed by atoms with van der Waals surface area (Å²) in [4.78, 5) is 5.25. The fourth-order valence-electron chi connectivity index (χ4n) is 3.49. The number of nitrogens with zero attached hydrogens (tertiary/aromatic N) is 1. The van der Waals surface area contributed by atoms with Crippen LogP contribution in [0.2, 0.25) is 0 Å². The summed E-state index contributed by atoms with van der Waals surface area (Å²) in [6, 6.07) is 25.6.